The highest BCUT2D eigenvalue weighted by atomic mass is 19.4. The predicted molar refractivity (Wildman–Crippen MR) is 76.2 cm³/mol. The molecular formula is C15H15F3N4O. The molecule has 23 heavy (non-hydrogen) atoms. The number of piperidine rings is 1. The molecule has 1 aliphatic rings. The fourth-order valence-corrected chi connectivity index (χ4v) is 2.55. The summed E-state index contributed by atoms with van der Waals surface area (Å²) in [6.45, 7) is 1.81. The molecule has 5 nitrogen and oxygen atoms in total. The van der Waals surface area contributed by atoms with Crippen LogP contribution in [0, 0.1) is 0 Å². The van der Waals surface area contributed by atoms with Gasteiger partial charge in [0, 0.05) is 11.8 Å². The lowest BCUT2D eigenvalue weighted by Gasteiger charge is -2.23. The van der Waals surface area contributed by atoms with E-state index in [9.17, 15) is 13.2 Å². The molecule has 122 valence electrons. The summed E-state index contributed by atoms with van der Waals surface area (Å²) in [4.78, 5) is 11.5. The van der Waals surface area contributed by atoms with Gasteiger partial charge in [0.15, 0.2) is 0 Å². The average Bonchev–Trinajstić information content (AvgIpc) is 2.56. The minimum Gasteiger partial charge on any atom is -0.437 e. The Hall–Kier alpha value is -2.22. The molecular weight excluding hydrogens is 309 g/mol. The molecule has 0 aliphatic carbocycles. The molecule has 0 unspecified atom stereocenters. The van der Waals surface area contributed by atoms with Gasteiger partial charge in [0.2, 0.25) is 5.88 Å². The molecule has 0 spiro atoms. The van der Waals surface area contributed by atoms with Crippen LogP contribution in [0.4, 0.5) is 13.2 Å². The largest absolute Gasteiger partial charge is 0.437 e. The standard InChI is InChI=1S/C15H15F3N4O/c16-15(17,18)13-2-1-11(7-21-13)23-14-12(8-20-9-22-14)10-3-5-19-6-4-10/h1-2,7-10,19H,3-6H2. The molecule has 2 aromatic heterocycles. The number of pyridine rings is 1. The van der Waals surface area contributed by atoms with Crippen molar-refractivity contribution < 1.29 is 17.9 Å². The normalized spacial score (nSPS) is 16.3. The quantitative estimate of drug-likeness (QED) is 0.940. The fourth-order valence-electron chi connectivity index (χ4n) is 2.55. The topological polar surface area (TPSA) is 59.9 Å². The monoisotopic (exact) mass is 324 g/mol. The summed E-state index contributed by atoms with van der Waals surface area (Å²) in [5, 5.41) is 3.28. The van der Waals surface area contributed by atoms with Crippen LogP contribution in [0.1, 0.15) is 30.0 Å². The number of aromatic nitrogens is 3. The molecule has 1 aliphatic heterocycles. The van der Waals surface area contributed by atoms with E-state index in [2.05, 4.69) is 20.3 Å². The van der Waals surface area contributed by atoms with Gasteiger partial charge in [-0.15, -0.1) is 0 Å². The second kappa shape index (κ2) is 6.49. The van der Waals surface area contributed by atoms with Gasteiger partial charge in [-0.3, -0.25) is 0 Å². The summed E-state index contributed by atoms with van der Waals surface area (Å²) < 4.78 is 43.2. The summed E-state index contributed by atoms with van der Waals surface area (Å²) in [7, 11) is 0. The zero-order chi connectivity index (χ0) is 16.3. The first-order valence-corrected chi connectivity index (χ1v) is 7.26. The molecule has 3 heterocycles. The summed E-state index contributed by atoms with van der Waals surface area (Å²) in [5.74, 6) is 0.857. The van der Waals surface area contributed by atoms with E-state index in [1.54, 1.807) is 6.20 Å². The minimum atomic E-state index is -4.46. The lowest BCUT2D eigenvalue weighted by molar-refractivity contribution is -0.141. The van der Waals surface area contributed by atoms with Crippen molar-refractivity contribution in [1.82, 2.24) is 20.3 Å². The highest BCUT2D eigenvalue weighted by Gasteiger charge is 2.32. The van der Waals surface area contributed by atoms with Gasteiger partial charge >= 0.3 is 6.18 Å². The van der Waals surface area contributed by atoms with Gasteiger partial charge in [-0.05, 0) is 44.0 Å². The van der Waals surface area contributed by atoms with E-state index in [1.807, 2.05) is 0 Å². The van der Waals surface area contributed by atoms with Crippen LogP contribution in [-0.2, 0) is 6.18 Å². The van der Waals surface area contributed by atoms with Gasteiger partial charge in [-0.1, -0.05) is 0 Å². The van der Waals surface area contributed by atoms with Crippen LogP contribution in [0.15, 0.2) is 30.9 Å². The summed E-state index contributed by atoms with van der Waals surface area (Å²) in [6.07, 6.45) is 1.53. The molecule has 0 bridgehead atoms. The molecule has 0 aromatic carbocycles. The number of nitrogens with zero attached hydrogens (tertiary/aromatic N) is 3. The number of hydrogen-bond acceptors (Lipinski definition) is 5. The van der Waals surface area contributed by atoms with Gasteiger partial charge < -0.3 is 10.1 Å². The third-order valence-corrected chi connectivity index (χ3v) is 3.72. The van der Waals surface area contributed by atoms with E-state index in [0.29, 0.717) is 5.88 Å². The maximum Gasteiger partial charge on any atom is 0.433 e. The first-order valence-electron chi connectivity index (χ1n) is 7.26. The Bertz CT molecular complexity index is 655. The van der Waals surface area contributed by atoms with Crippen LogP contribution >= 0.6 is 0 Å². The van der Waals surface area contributed by atoms with Crippen molar-refractivity contribution in [1.29, 1.82) is 0 Å². The Balaban J connectivity index is 1.80. The SMILES string of the molecule is FC(F)(F)c1ccc(Oc2ncncc2C2CCNCC2)cn1. The first-order chi connectivity index (χ1) is 11.0. The number of alkyl halides is 3. The molecule has 0 amide bonds. The van der Waals surface area contributed by atoms with E-state index < -0.39 is 11.9 Å². The molecule has 1 fully saturated rings. The third-order valence-electron chi connectivity index (χ3n) is 3.72. The Labute approximate surface area is 130 Å². The highest BCUT2D eigenvalue weighted by Crippen LogP contribution is 2.33. The molecule has 0 radical (unpaired) electrons. The van der Waals surface area contributed by atoms with E-state index in [-0.39, 0.29) is 11.7 Å². The Morgan fingerprint density at radius 1 is 1.09 bits per heavy atom. The van der Waals surface area contributed by atoms with Crippen LogP contribution in [-0.4, -0.2) is 28.0 Å². The molecule has 8 heteroatoms. The lowest BCUT2D eigenvalue weighted by atomic mass is 9.92. The third kappa shape index (κ3) is 3.76. The minimum absolute atomic E-state index is 0.215. The maximum absolute atomic E-state index is 12.5. The maximum atomic E-state index is 12.5. The second-order valence-electron chi connectivity index (χ2n) is 5.29. The van der Waals surface area contributed by atoms with Crippen molar-refractivity contribution in [2.45, 2.75) is 24.9 Å². The zero-order valence-corrected chi connectivity index (χ0v) is 12.2. The van der Waals surface area contributed by atoms with E-state index >= 15 is 0 Å². The summed E-state index contributed by atoms with van der Waals surface area (Å²) >= 11 is 0. The molecule has 1 N–H and O–H groups in total. The van der Waals surface area contributed by atoms with E-state index in [4.69, 9.17) is 4.74 Å². The van der Waals surface area contributed by atoms with Gasteiger partial charge in [-0.2, -0.15) is 13.2 Å². The second-order valence-corrected chi connectivity index (χ2v) is 5.29. The zero-order valence-electron chi connectivity index (χ0n) is 12.2. The fraction of sp³-hybridized carbons (Fsp3) is 0.400. The number of ether oxygens (including phenoxy) is 1. The predicted octanol–water partition coefficient (Wildman–Crippen LogP) is 3.15. The van der Waals surface area contributed by atoms with Gasteiger partial charge in [0.05, 0.1) is 6.20 Å². The molecule has 2 aromatic rings. The Morgan fingerprint density at radius 2 is 1.87 bits per heavy atom. The van der Waals surface area contributed by atoms with E-state index in [1.165, 1.54) is 12.4 Å². The molecule has 3 rings (SSSR count). The van der Waals surface area contributed by atoms with Crippen LogP contribution in [0.25, 0.3) is 0 Å². The number of rotatable bonds is 3. The number of halogens is 3. The van der Waals surface area contributed by atoms with E-state index in [0.717, 1.165) is 43.8 Å². The number of nitrogens with one attached hydrogen (secondary N) is 1. The van der Waals surface area contributed by atoms with Gasteiger partial charge in [0.25, 0.3) is 0 Å². The average molecular weight is 324 g/mol. The Morgan fingerprint density at radius 3 is 2.52 bits per heavy atom. The summed E-state index contributed by atoms with van der Waals surface area (Å²) in [5.41, 5.74) is -0.0833. The summed E-state index contributed by atoms with van der Waals surface area (Å²) in [6, 6.07) is 2.13. The van der Waals surface area contributed by atoms with Crippen LogP contribution in [0.2, 0.25) is 0 Å². The van der Waals surface area contributed by atoms with Gasteiger partial charge in [-0.25, -0.2) is 15.0 Å². The Kier molecular flexibility index (Phi) is 4.42. The van der Waals surface area contributed by atoms with Crippen molar-refractivity contribution in [3.63, 3.8) is 0 Å². The van der Waals surface area contributed by atoms with Crippen molar-refractivity contribution in [2.75, 3.05) is 13.1 Å². The van der Waals surface area contributed by atoms with Crippen LogP contribution < -0.4 is 10.1 Å². The lowest BCUT2D eigenvalue weighted by Crippen LogP contribution is -2.27. The molecule has 0 saturated carbocycles. The van der Waals surface area contributed by atoms with Crippen molar-refractivity contribution in [2.24, 2.45) is 0 Å². The first kappa shape index (κ1) is 15.7. The van der Waals surface area contributed by atoms with Crippen LogP contribution in [0.3, 0.4) is 0 Å². The van der Waals surface area contributed by atoms with Crippen LogP contribution in [0.5, 0.6) is 11.6 Å². The number of hydrogen-bond donors (Lipinski definition) is 1. The highest BCUT2D eigenvalue weighted by molar-refractivity contribution is 5.32. The van der Waals surface area contributed by atoms with Gasteiger partial charge in [0.1, 0.15) is 17.8 Å². The van der Waals surface area contributed by atoms with Crippen molar-refractivity contribution in [3.05, 3.63) is 42.1 Å². The smallest absolute Gasteiger partial charge is 0.433 e. The molecule has 0 atom stereocenters. The molecule has 1 saturated heterocycles. The van der Waals surface area contributed by atoms with Crippen molar-refractivity contribution >= 4 is 0 Å². The van der Waals surface area contributed by atoms with Crippen molar-refractivity contribution in [3.8, 4) is 11.6 Å².